The Morgan fingerprint density at radius 3 is 2.28 bits per heavy atom. The van der Waals surface area contributed by atoms with Gasteiger partial charge in [-0.2, -0.15) is 0 Å². The number of aliphatic imine (C=N–C) groups is 1. The van der Waals surface area contributed by atoms with Crippen molar-refractivity contribution in [1.82, 2.24) is 15.3 Å². The van der Waals surface area contributed by atoms with E-state index in [9.17, 15) is 10.1 Å². The van der Waals surface area contributed by atoms with Gasteiger partial charge in [0.15, 0.2) is 5.84 Å². The molecule has 0 aliphatic rings. The molecule has 0 saturated heterocycles. The van der Waals surface area contributed by atoms with Crippen LogP contribution in [-0.4, -0.2) is 40.4 Å². The fourth-order valence-electron chi connectivity index (χ4n) is 2.27. The van der Waals surface area contributed by atoms with Crippen LogP contribution < -0.4 is 5.32 Å². The number of nitrogens with one attached hydrogen (secondary N) is 1. The maximum atomic E-state index is 10.8. The summed E-state index contributed by atoms with van der Waals surface area (Å²) in [6.45, 7) is 1.08. The number of hydrogen-bond acceptors (Lipinski definition) is 7. The van der Waals surface area contributed by atoms with Crippen molar-refractivity contribution in [2.45, 2.75) is 38.5 Å². The third-order valence-corrected chi connectivity index (χ3v) is 5.17. The van der Waals surface area contributed by atoms with E-state index in [2.05, 4.69) is 20.3 Å². The molecule has 0 aromatic carbocycles. The summed E-state index contributed by atoms with van der Waals surface area (Å²) >= 11 is 3.32. The fraction of sp³-hybridized carbons (Fsp3) is 0.562. The maximum Gasteiger partial charge on any atom is 0.259 e. The smallest absolute Gasteiger partial charge is 0.259 e. The number of amidine groups is 1. The molecule has 2 aromatic rings. The topological polar surface area (TPSA) is 93.3 Å². The van der Waals surface area contributed by atoms with Crippen LogP contribution in [0.2, 0.25) is 0 Å². The summed E-state index contributed by atoms with van der Waals surface area (Å²) in [6.07, 6.45) is 9.39. The second-order valence-electron chi connectivity index (χ2n) is 5.51. The molecule has 25 heavy (non-hydrogen) atoms. The third-order valence-electron chi connectivity index (χ3n) is 3.49. The van der Waals surface area contributed by atoms with Crippen LogP contribution in [0.1, 0.15) is 35.7 Å². The van der Waals surface area contributed by atoms with Gasteiger partial charge in [-0.15, -0.1) is 22.7 Å². The van der Waals surface area contributed by atoms with Crippen molar-refractivity contribution in [3.05, 3.63) is 43.3 Å². The number of thiazole rings is 2. The fourth-order valence-corrected chi connectivity index (χ4v) is 3.60. The van der Waals surface area contributed by atoms with E-state index in [4.69, 9.17) is 0 Å². The Hall–Kier alpha value is -1.87. The van der Waals surface area contributed by atoms with Gasteiger partial charge in [-0.3, -0.25) is 15.1 Å². The molecule has 136 valence electrons. The number of nitrogens with zero attached hydrogens (tertiary/aromatic N) is 4. The molecule has 0 bridgehead atoms. The molecule has 2 heterocycles. The summed E-state index contributed by atoms with van der Waals surface area (Å²) < 4.78 is 0. The maximum absolute atomic E-state index is 10.8. The number of nitro groups is 1. The van der Waals surface area contributed by atoms with Gasteiger partial charge in [0, 0.05) is 41.2 Å². The lowest BCUT2D eigenvalue weighted by atomic mass is 10.2. The van der Waals surface area contributed by atoms with Crippen molar-refractivity contribution < 1.29 is 4.92 Å². The van der Waals surface area contributed by atoms with Gasteiger partial charge in [0.2, 0.25) is 0 Å². The Balaban J connectivity index is 1.61. The molecule has 9 heteroatoms. The molecule has 0 fully saturated rings. The van der Waals surface area contributed by atoms with Crippen LogP contribution in [0.3, 0.4) is 0 Å². The Morgan fingerprint density at radius 1 is 1.08 bits per heavy atom. The lowest BCUT2D eigenvalue weighted by Crippen LogP contribution is -2.31. The van der Waals surface area contributed by atoms with Crippen molar-refractivity contribution in [3.63, 3.8) is 0 Å². The summed E-state index contributed by atoms with van der Waals surface area (Å²) in [5, 5.41) is 20.1. The molecule has 0 amide bonds. The number of aromatic nitrogens is 2. The summed E-state index contributed by atoms with van der Waals surface area (Å²) in [5.74, 6) is 0.480. The van der Waals surface area contributed by atoms with Gasteiger partial charge >= 0.3 is 0 Å². The van der Waals surface area contributed by atoms with E-state index in [-0.39, 0.29) is 11.5 Å². The minimum Gasteiger partial charge on any atom is -0.368 e. The van der Waals surface area contributed by atoms with E-state index in [0.29, 0.717) is 18.9 Å². The molecular weight excluding hydrogens is 358 g/mol. The number of unbranched alkanes of at least 4 members (excludes halogenated alkanes) is 2. The molecule has 0 aliphatic carbocycles. The minimum atomic E-state index is -0.336. The Bertz CT molecular complexity index is 629. The first-order valence-corrected chi connectivity index (χ1v) is 10.2. The zero-order chi connectivity index (χ0) is 17.7. The quantitative estimate of drug-likeness (QED) is 0.200. The molecule has 1 N–H and O–H groups in total. The molecule has 0 spiro atoms. The normalized spacial score (nSPS) is 11.6. The van der Waals surface area contributed by atoms with E-state index in [1.165, 1.54) is 0 Å². The van der Waals surface area contributed by atoms with Crippen LogP contribution in [-0.2, 0) is 12.8 Å². The van der Waals surface area contributed by atoms with Crippen molar-refractivity contribution in [3.8, 4) is 0 Å². The van der Waals surface area contributed by atoms with Gasteiger partial charge in [0.05, 0.1) is 10.0 Å². The van der Waals surface area contributed by atoms with Gasteiger partial charge in [-0.25, -0.2) is 9.97 Å². The van der Waals surface area contributed by atoms with Crippen molar-refractivity contribution >= 4 is 28.5 Å². The number of hydrogen-bond donors (Lipinski definition) is 1. The highest BCUT2D eigenvalue weighted by Gasteiger charge is 2.06. The average Bonchev–Trinajstić information content (AvgIpc) is 3.27. The van der Waals surface area contributed by atoms with Crippen LogP contribution in [0.5, 0.6) is 0 Å². The van der Waals surface area contributed by atoms with Gasteiger partial charge in [0.1, 0.15) is 0 Å². The molecule has 0 radical (unpaired) electrons. The molecule has 2 aromatic heterocycles. The third kappa shape index (κ3) is 8.69. The Kier molecular flexibility index (Phi) is 9.06. The predicted octanol–water partition coefficient (Wildman–Crippen LogP) is 3.21. The SMILES string of the molecule is O=[N+]([O-])CC(=NCCCCc1nccs1)NCCCCc1nccs1. The van der Waals surface area contributed by atoms with E-state index < -0.39 is 0 Å². The predicted molar refractivity (Wildman–Crippen MR) is 102 cm³/mol. The first-order chi connectivity index (χ1) is 12.2. The molecular formula is C16H23N5O2S2. The Morgan fingerprint density at radius 2 is 1.72 bits per heavy atom. The second-order valence-corrected chi connectivity index (χ2v) is 7.47. The van der Waals surface area contributed by atoms with E-state index in [0.717, 1.165) is 48.5 Å². The van der Waals surface area contributed by atoms with E-state index >= 15 is 0 Å². The highest BCUT2D eigenvalue weighted by molar-refractivity contribution is 7.09. The summed E-state index contributed by atoms with van der Waals surface area (Å²) in [6, 6.07) is 0. The molecule has 0 aliphatic heterocycles. The summed E-state index contributed by atoms with van der Waals surface area (Å²) in [4.78, 5) is 23.3. The van der Waals surface area contributed by atoms with E-state index in [1.54, 1.807) is 22.7 Å². The van der Waals surface area contributed by atoms with Crippen LogP contribution in [0.25, 0.3) is 0 Å². The largest absolute Gasteiger partial charge is 0.368 e. The van der Waals surface area contributed by atoms with Crippen molar-refractivity contribution in [2.75, 3.05) is 19.6 Å². The van der Waals surface area contributed by atoms with Crippen molar-refractivity contribution in [2.24, 2.45) is 4.99 Å². The van der Waals surface area contributed by atoms with E-state index in [1.807, 2.05) is 23.2 Å². The molecule has 0 unspecified atom stereocenters. The van der Waals surface area contributed by atoms with Gasteiger partial charge < -0.3 is 5.32 Å². The van der Waals surface area contributed by atoms with Gasteiger partial charge in [-0.05, 0) is 38.5 Å². The Labute approximate surface area is 155 Å². The lowest BCUT2D eigenvalue weighted by Gasteiger charge is -2.06. The zero-order valence-electron chi connectivity index (χ0n) is 14.1. The average molecular weight is 382 g/mol. The first kappa shape index (κ1) is 19.5. The van der Waals surface area contributed by atoms with Crippen molar-refractivity contribution in [1.29, 1.82) is 0 Å². The standard InChI is InChI=1S/C16H23N5O2S2/c22-21(23)13-14(17-7-3-1-5-15-19-9-11-24-15)18-8-4-2-6-16-20-10-12-25-16/h9-12H,1-8,13H2,(H,17,18). The van der Waals surface area contributed by atoms with Gasteiger partial charge in [-0.1, -0.05) is 0 Å². The zero-order valence-corrected chi connectivity index (χ0v) is 15.7. The molecule has 7 nitrogen and oxygen atoms in total. The first-order valence-electron chi connectivity index (χ1n) is 8.40. The number of aryl methyl sites for hydroxylation is 2. The molecule has 2 rings (SSSR count). The lowest BCUT2D eigenvalue weighted by molar-refractivity contribution is -0.463. The highest BCUT2D eigenvalue weighted by Crippen LogP contribution is 2.09. The van der Waals surface area contributed by atoms with Crippen LogP contribution in [0.15, 0.2) is 28.1 Å². The summed E-state index contributed by atoms with van der Waals surface area (Å²) in [5.41, 5.74) is 0. The number of rotatable bonds is 12. The van der Waals surface area contributed by atoms with Gasteiger partial charge in [0.25, 0.3) is 6.54 Å². The van der Waals surface area contributed by atoms with Crippen LogP contribution in [0, 0.1) is 10.1 Å². The summed E-state index contributed by atoms with van der Waals surface area (Å²) in [7, 11) is 0. The highest BCUT2D eigenvalue weighted by atomic mass is 32.1. The minimum absolute atomic E-state index is 0.237. The molecule has 0 atom stereocenters. The van der Waals surface area contributed by atoms with Crippen LogP contribution >= 0.6 is 22.7 Å². The monoisotopic (exact) mass is 381 g/mol. The van der Waals surface area contributed by atoms with Crippen LogP contribution in [0.4, 0.5) is 0 Å². The molecule has 0 saturated carbocycles. The second kappa shape index (κ2) is 11.6.